The molecule has 1 aliphatic heterocycles. The summed E-state index contributed by atoms with van der Waals surface area (Å²) in [6.45, 7) is 5.73. The maximum Gasteiger partial charge on any atom is 0.321 e. The van der Waals surface area contributed by atoms with Crippen LogP contribution in [0.5, 0.6) is 5.75 Å². The first-order valence-electron chi connectivity index (χ1n) is 4.36. The summed E-state index contributed by atoms with van der Waals surface area (Å²) >= 11 is 0. The normalized spacial score (nSPS) is 18.2. The van der Waals surface area contributed by atoms with Crippen LogP contribution in [-0.4, -0.2) is 5.97 Å². The molecule has 0 unspecified atom stereocenters. The summed E-state index contributed by atoms with van der Waals surface area (Å²) in [5.41, 5.74) is 1.54. The average Bonchev–Trinajstić information content (AvgIpc) is 2.28. The standard InChI is InChI=1S/C11H12O2/c1-7-5-4-6-8-9(7)13-10(12)11(8,2)3/h4-6H,1-3H3. The van der Waals surface area contributed by atoms with E-state index in [2.05, 4.69) is 0 Å². The topological polar surface area (TPSA) is 26.3 Å². The molecule has 0 fully saturated rings. The Hall–Kier alpha value is -1.31. The molecular formula is C11H12O2. The van der Waals surface area contributed by atoms with E-state index in [4.69, 9.17) is 4.74 Å². The van der Waals surface area contributed by atoms with Gasteiger partial charge in [0.05, 0.1) is 5.41 Å². The molecule has 0 amide bonds. The second kappa shape index (κ2) is 2.34. The van der Waals surface area contributed by atoms with Gasteiger partial charge in [-0.1, -0.05) is 18.2 Å². The Kier molecular flexibility index (Phi) is 1.50. The van der Waals surface area contributed by atoms with Crippen molar-refractivity contribution in [3.05, 3.63) is 29.3 Å². The molecule has 1 aromatic carbocycles. The number of benzene rings is 1. The lowest BCUT2D eigenvalue weighted by molar-refractivity contribution is -0.137. The fourth-order valence-corrected chi connectivity index (χ4v) is 1.61. The third-order valence-electron chi connectivity index (χ3n) is 2.59. The molecule has 2 nitrogen and oxygen atoms in total. The molecule has 68 valence electrons. The highest BCUT2D eigenvalue weighted by Crippen LogP contribution is 2.40. The van der Waals surface area contributed by atoms with Crippen LogP contribution in [0.1, 0.15) is 25.0 Å². The van der Waals surface area contributed by atoms with Gasteiger partial charge in [-0.2, -0.15) is 0 Å². The highest BCUT2D eigenvalue weighted by Gasteiger charge is 2.41. The summed E-state index contributed by atoms with van der Waals surface area (Å²) in [5, 5.41) is 0. The van der Waals surface area contributed by atoms with Gasteiger partial charge in [-0.05, 0) is 26.3 Å². The molecule has 0 radical (unpaired) electrons. The van der Waals surface area contributed by atoms with Crippen molar-refractivity contribution in [2.45, 2.75) is 26.2 Å². The molecule has 1 heterocycles. The number of carbonyl (C=O) groups is 1. The molecule has 2 rings (SSSR count). The third-order valence-corrected chi connectivity index (χ3v) is 2.59. The molecule has 0 N–H and O–H groups in total. The SMILES string of the molecule is Cc1cccc2c1OC(=O)C2(C)C. The molecule has 0 bridgehead atoms. The smallest absolute Gasteiger partial charge is 0.321 e. The molecule has 0 aliphatic carbocycles. The summed E-state index contributed by atoms with van der Waals surface area (Å²) < 4.78 is 5.21. The summed E-state index contributed by atoms with van der Waals surface area (Å²) in [4.78, 5) is 11.5. The first-order chi connectivity index (χ1) is 6.03. The Labute approximate surface area is 77.5 Å². The average molecular weight is 176 g/mol. The van der Waals surface area contributed by atoms with Crippen LogP contribution in [0.3, 0.4) is 0 Å². The Balaban J connectivity index is 2.68. The number of aryl methyl sites for hydroxylation is 1. The molecule has 0 spiro atoms. The minimum atomic E-state index is -0.485. The van der Waals surface area contributed by atoms with Gasteiger partial charge in [-0.15, -0.1) is 0 Å². The molecule has 0 saturated carbocycles. The van der Waals surface area contributed by atoms with Crippen LogP contribution < -0.4 is 4.74 Å². The van der Waals surface area contributed by atoms with Crippen LogP contribution >= 0.6 is 0 Å². The quantitative estimate of drug-likeness (QED) is 0.447. The number of esters is 1. The molecule has 0 atom stereocenters. The van der Waals surface area contributed by atoms with Crippen molar-refractivity contribution in [2.75, 3.05) is 0 Å². The zero-order chi connectivity index (χ0) is 9.64. The molecule has 13 heavy (non-hydrogen) atoms. The molecule has 0 saturated heterocycles. The van der Waals surface area contributed by atoms with Gasteiger partial charge in [0.15, 0.2) is 0 Å². The first-order valence-corrected chi connectivity index (χ1v) is 4.36. The lowest BCUT2D eigenvalue weighted by Crippen LogP contribution is -2.25. The van der Waals surface area contributed by atoms with Gasteiger partial charge in [0.2, 0.25) is 0 Å². The van der Waals surface area contributed by atoms with E-state index in [0.717, 1.165) is 16.9 Å². The van der Waals surface area contributed by atoms with Gasteiger partial charge in [-0.25, -0.2) is 0 Å². The molecular weight excluding hydrogens is 164 g/mol. The van der Waals surface area contributed by atoms with Gasteiger partial charge in [0.1, 0.15) is 5.75 Å². The van der Waals surface area contributed by atoms with Crippen molar-refractivity contribution >= 4 is 5.97 Å². The summed E-state index contributed by atoms with van der Waals surface area (Å²) in [7, 11) is 0. The highest BCUT2D eigenvalue weighted by molar-refractivity contribution is 5.90. The Bertz CT molecular complexity index is 378. The number of carbonyl (C=O) groups excluding carboxylic acids is 1. The lowest BCUT2D eigenvalue weighted by atomic mass is 9.86. The van der Waals surface area contributed by atoms with E-state index in [1.165, 1.54) is 0 Å². The minimum absolute atomic E-state index is 0.156. The summed E-state index contributed by atoms with van der Waals surface area (Å²) in [5.74, 6) is 0.592. The van der Waals surface area contributed by atoms with Crippen molar-refractivity contribution in [3.63, 3.8) is 0 Å². The number of rotatable bonds is 0. The van der Waals surface area contributed by atoms with Crippen LogP contribution in [-0.2, 0) is 10.2 Å². The summed E-state index contributed by atoms with van der Waals surface area (Å²) in [6.07, 6.45) is 0. The van der Waals surface area contributed by atoms with Crippen LogP contribution in [0.4, 0.5) is 0 Å². The van der Waals surface area contributed by atoms with Gasteiger partial charge < -0.3 is 4.74 Å². The van der Waals surface area contributed by atoms with Gasteiger partial charge >= 0.3 is 5.97 Å². The fraction of sp³-hybridized carbons (Fsp3) is 0.364. The van der Waals surface area contributed by atoms with E-state index in [-0.39, 0.29) is 5.97 Å². The Morgan fingerprint density at radius 2 is 2.00 bits per heavy atom. The van der Waals surface area contributed by atoms with Crippen LogP contribution in [0.25, 0.3) is 0 Å². The Morgan fingerprint density at radius 1 is 1.31 bits per heavy atom. The Morgan fingerprint density at radius 3 is 2.62 bits per heavy atom. The van der Waals surface area contributed by atoms with E-state index < -0.39 is 5.41 Å². The monoisotopic (exact) mass is 176 g/mol. The van der Waals surface area contributed by atoms with Crippen molar-refractivity contribution in [1.82, 2.24) is 0 Å². The highest BCUT2D eigenvalue weighted by atomic mass is 16.5. The van der Waals surface area contributed by atoms with Crippen molar-refractivity contribution in [1.29, 1.82) is 0 Å². The second-order valence-corrected chi connectivity index (χ2v) is 3.97. The minimum Gasteiger partial charge on any atom is -0.425 e. The maximum absolute atomic E-state index is 11.5. The van der Waals surface area contributed by atoms with Gasteiger partial charge in [-0.3, -0.25) is 4.79 Å². The number of ether oxygens (including phenoxy) is 1. The summed E-state index contributed by atoms with van der Waals surface area (Å²) in [6, 6.07) is 5.86. The van der Waals surface area contributed by atoms with E-state index in [0.29, 0.717) is 0 Å². The largest absolute Gasteiger partial charge is 0.425 e. The fourth-order valence-electron chi connectivity index (χ4n) is 1.61. The number of para-hydroxylation sites is 1. The van der Waals surface area contributed by atoms with Crippen LogP contribution in [0, 0.1) is 6.92 Å². The zero-order valence-electron chi connectivity index (χ0n) is 8.05. The van der Waals surface area contributed by atoms with E-state index in [1.54, 1.807) is 0 Å². The molecule has 2 heteroatoms. The zero-order valence-corrected chi connectivity index (χ0v) is 8.05. The predicted octanol–water partition coefficient (Wildman–Crippen LogP) is 2.19. The third kappa shape index (κ3) is 0.981. The predicted molar refractivity (Wildman–Crippen MR) is 49.8 cm³/mol. The maximum atomic E-state index is 11.5. The van der Waals surface area contributed by atoms with Crippen LogP contribution in [0.2, 0.25) is 0 Å². The number of fused-ring (bicyclic) bond motifs is 1. The lowest BCUT2D eigenvalue weighted by Gasteiger charge is -2.12. The van der Waals surface area contributed by atoms with Crippen molar-refractivity contribution in [3.8, 4) is 5.75 Å². The molecule has 0 aromatic heterocycles. The van der Waals surface area contributed by atoms with Gasteiger partial charge in [0.25, 0.3) is 0 Å². The number of hydrogen-bond donors (Lipinski definition) is 0. The van der Waals surface area contributed by atoms with E-state index in [1.807, 2.05) is 39.0 Å². The first kappa shape index (κ1) is 8.30. The van der Waals surface area contributed by atoms with Crippen molar-refractivity contribution < 1.29 is 9.53 Å². The molecule has 1 aliphatic rings. The second-order valence-electron chi connectivity index (χ2n) is 3.97. The van der Waals surface area contributed by atoms with Crippen LogP contribution in [0.15, 0.2) is 18.2 Å². The van der Waals surface area contributed by atoms with Crippen molar-refractivity contribution in [2.24, 2.45) is 0 Å². The van der Waals surface area contributed by atoms with E-state index >= 15 is 0 Å². The molecule has 1 aromatic rings. The van der Waals surface area contributed by atoms with E-state index in [9.17, 15) is 4.79 Å². The van der Waals surface area contributed by atoms with Gasteiger partial charge in [0, 0.05) is 5.56 Å². The number of hydrogen-bond acceptors (Lipinski definition) is 2.